The maximum atomic E-state index is 12.1. The van der Waals surface area contributed by atoms with E-state index < -0.39 is 0 Å². The molecular weight excluding hydrogens is 540 g/mol. The Hall–Kier alpha value is -1.71. The minimum absolute atomic E-state index is 0.257. The molecule has 1 amide bonds. The van der Waals surface area contributed by atoms with Crippen LogP contribution in [0.5, 0.6) is 5.75 Å². The van der Waals surface area contributed by atoms with Crippen molar-refractivity contribution in [1.82, 2.24) is 5.32 Å². The number of rotatable bonds is 34. The van der Waals surface area contributed by atoms with Gasteiger partial charge in [0, 0.05) is 25.2 Å². The highest BCUT2D eigenvalue weighted by Crippen LogP contribution is 2.16. The number of nitrogens with one attached hydrogen (secondary N) is 2. The Balaban J connectivity index is 1.68. The molecule has 44 heavy (non-hydrogen) atoms. The van der Waals surface area contributed by atoms with Crippen molar-refractivity contribution in [3.8, 4) is 5.75 Å². The van der Waals surface area contributed by atoms with Crippen LogP contribution in [0.1, 0.15) is 200 Å². The largest absolute Gasteiger partial charge is 0.508 e. The number of aromatic hydroxyl groups is 1. The Kier molecular flexibility index (Phi) is 29.9. The first-order valence-corrected chi connectivity index (χ1v) is 19.5. The zero-order valence-electron chi connectivity index (χ0n) is 29.3. The van der Waals surface area contributed by atoms with Crippen molar-refractivity contribution in [2.75, 3.05) is 18.4 Å². The molecule has 1 aromatic carbocycles. The number of phenolic OH excluding ortho intramolecular Hbond substituents is 1. The minimum Gasteiger partial charge on any atom is -0.508 e. The standard InChI is InChI=1S/C40H74N2O2/c1-2-3-4-5-6-7-8-9-10-11-12-13-14-15-16-17-19-22-25-28-31-40(44)42-37-30-27-24-21-18-20-23-26-29-36-41-38-32-34-39(43)35-33-38/h32-35,41,43H,2-31,36-37H2,1H3,(H,42,44). The summed E-state index contributed by atoms with van der Waals surface area (Å²) < 4.78 is 0. The smallest absolute Gasteiger partial charge is 0.219 e. The highest BCUT2D eigenvalue weighted by atomic mass is 16.3. The first-order valence-electron chi connectivity index (χ1n) is 19.5. The molecule has 256 valence electrons. The third-order valence-corrected chi connectivity index (χ3v) is 9.13. The van der Waals surface area contributed by atoms with Crippen LogP contribution < -0.4 is 10.6 Å². The van der Waals surface area contributed by atoms with Crippen LogP contribution >= 0.6 is 0 Å². The van der Waals surface area contributed by atoms with E-state index in [0.29, 0.717) is 12.2 Å². The Labute approximate surface area is 274 Å². The van der Waals surface area contributed by atoms with E-state index in [1.807, 2.05) is 12.1 Å². The Bertz CT molecular complexity index is 721. The SMILES string of the molecule is CCCCCCCCCCCCCCCCCCCCCCC(=O)NCCCCCCCCCCCNc1ccc(O)cc1. The van der Waals surface area contributed by atoms with E-state index in [-0.39, 0.29) is 5.91 Å². The van der Waals surface area contributed by atoms with Crippen LogP contribution in [-0.2, 0) is 4.79 Å². The van der Waals surface area contributed by atoms with Crippen molar-refractivity contribution in [3.63, 3.8) is 0 Å². The molecule has 4 heteroatoms. The number of anilines is 1. The molecule has 0 atom stereocenters. The lowest BCUT2D eigenvalue weighted by Crippen LogP contribution is -2.23. The lowest BCUT2D eigenvalue weighted by Gasteiger charge is -2.07. The lowest BCUT2D eigenvalue weighted by molar-refractivity contribution is -0.121. The van der Waals surface area contributed by atoms with E-state index in [1.165, 1.54) is 173 Å². The van der Waals surface area contributed by atoms with Gasteiger partial charge >= 0.3 is 0 Å². The number of benzene rings is 1. The summed E-state index contributed by atoms with van der Waals surface area (Å²) in [6, 6.07) is 7.29. The van der Waals surface area contributed by atoms with Crippen molar-refractivity contribution in [2.45, 2.75) is 200 Å². The molecule has 0 aliphatic rings. The molecule has 0 aromatic heterocycles. The predicted molar refractivity (Wildman–Crippen MR) is 194 cm³/mol. The van der Waals surface area contributed by atoms with Crippen LogP contribution in [0.25, 0.3) is 0 Å². The van der Waals surface area contributed by atoms with Gasteiger partial charge in [-0.2, -0.15) is 0 Å². The summed E-state index contributed by atoms with van der Waals surface area (Å²) in [4.78, 5) is 12.1. The van der Waals surface area contributed by atoms with Crippen molar-refractivity contribution >= 4 is 11.6 Å². The average molecular weight is 615 g/mol. The summed E-state index contributed by atoms with van der Waals surface area (Å²) in [7, 11) is 0. The molecule has 0 aliphatic heterocycles. The highest BCUT2D eigenvalue weighted by Gasteiger charge is 2.01. The van der Waals surface area contributed by atoms with Gasteiger partial charge in [-0.25, -0.2) is 0 Å². The van der Waals surface area contributed by atoms with Crippen molar-refractivity contribution in [2.24, 2.45) is 0 Å². The molecule has 0 unspecified atom stereocenters. The molecule has 0 heterocycles. The number of hydrogen-bond acceptors (Lipinski definition) is 3. The predicted octanol–water partition coefficient (Wildman–Crippen LogP) is 12.6. The normalized spacial score (nSPS) is 11.2. The van der Waals surface area contributed by atoms with Crippen molar-refractivity contribution in [1.29, 1.82) is 0 Å². The topological polar surface area (TPSA) is 61.4 Å². The molecule has 0 fully saturated rings. The molecule has 0 spiro atoms. The van der Waals surface area contributed by atoms with Gasteiger partial charge in [-0.15, -0.1) is 0 Å². The second-order valence-corrected chi connectivity index (χ2v) is 13.5. The third kappa shape index (κ3) is 29.0. The fraction of sp³-hybridized carbons (Fsp3) is 0.825. The van der Waals surface area contributed by atoms with E-state index in [9.17, 15) is 9.90 Å². The average Bonchev–Trinajstić information content (AvgIpc) is 3.03. The van der Waals surface area contributed by atoms with Crippen LogP contribution in [0.15, 0.2) is 24.3 Å². The van der Waals surface area contributed by atoms with E-state index in [4.69, 9.17) is 0 Å². The van der Waals surface area contributed by atoms with Gasteiger partial charge in [-0.05, 0) is 43.5 Å². The zero-order valence-corrected chi connectivity index (χ0v) is 29.3. The fourth-order valence-electron chi connectivity index (χ4n) is 6.16. The second-order valence-electron chi connectivity index (χ2n) is 13.5. The highest BCUT2D eigenvalue weighted by molar-refractivity contribution is 5.75. The van der Waals surface area contributed by atoms with Gasteiger partial charge in [0.2, 0.25) is 5.91 Å². The quantitative estimate of drug-likeness (QED) is 0.0534. The van der Waals surface area contributed by atoms with Gasteiger partial charge in [0.25, 0.3) is 0 Å². The molecule has 0 bridgehead atoms. The lowest BCUT2D eigenvalue weighted by atomic mass is 10.0. The van der Waals surface area contributed by atoms with Crippen molar-refractivity contribution < 1.29 is 9.90 Å². The van der Waals surface area contributed by atoms with Gasteiger partial charge in [-0.1, -0.05) is 174 Å². The summed E-state index contributed by atoms with van der Waals surface area (Å²) in [5.41, 5.74) is 1.08. The summed E-state index contributed by atoms with van der Waals surface area (Å²) in [6.07, 6.45) is 40.0. The van der Waals surface area contributed by atoms with E-state index in [0.717, 1.165) is 31.6 Å². The van der Waals surface area contributed by atoms with Crippen LogP contribution in [0, 0.1) is 0 Å². The molecule has 1 aromatic rings. The number of carbonyl (C=O) groups is 1. The van der Waals surface area contributed by atoms with Gasteiger partial charge in [0.1, 0.15) is 5.75 Å². The minimum atomic E-state index is 0.257. The Morgan fingerprint density at radius 3 is 1.23 bits per heavy atom. The number of phenols is 1. The number of hydrogen-bond donors (Lipinski definition) is 3. The van der Waals surface area contributed by atoms with Crippen LogP contribution in [0.4, 0.5) is 5.69 Å². The maximum Gasteiger partial charge on any atom is 0.219 e. The maximum absolute atomic E-state index is 12.1. The molecular formula is C40H74N2O2. The van der Waals surface area contributed by atoms with Crippen molar-refractivity contribution in [3.05, 3.63) is 24.3 Å². The summed E-state index contributed by atoms with van der Waals surface area (Å²) >= 11 is 0. The van der Waals surface area contributed by atoms with Gasteiger partial charge in [0.15, 0.2) is 0 Å². The summed E-state index contributed by atoms with van der Waals surface area (Å²) in [5, 5.41) is 15.9. The van der Waals surface area contributed by atoms with Crippen LogP contribution in [0.3, 0.4) is 0 Å². The number of unbranched alkanes of at least 4 members (excludes halogenated alkanes) is 27. The first kappa shape index (κ1) is 40.3. The Morgan fingerprint density at radius 2 is 0.818 bits per heavy atom. The third-order valence-electron chi connectivity index (χ3n) is 9.13. The molecule has 0 saturated carbocycles. The zero-order chi connectivity index (χ0) is 31.6. The first-order chi connectivity index (χ1) is 21.7. The monoisotopic (exact) mass is 615 g/mol. The molecule has 3 N–H and O–H groups in total. The summed E-state index contributed by atoms with van der Waals surface area (Å²) in [5.74, 6) is 0.573. The van der Waals surface area contributed by atoms with Gasteiger partial charge in [-0.3, -0.25) is 4.79 Å². The summed E-state index contributed by atoms with van der Waals surface area (Å²) in [6.45, 7) is 4.14. The molecule has 4 nitrogen and oxygen atoms in total. The Morgan fingerprint density at radius 1 is 0.477 bits per heavy atom. The fourth-order valence-corrected chi connectivity index (χ4v) is 6.16. The molecule has 0 radical (unpaired) electrons. The van der Waals surface area contributed by atoms with E-state index in [2.05, 4.69) is 17.6 Å². The number of amides is 1. The van der Waals surface area contributed by atoms with Crippen LogP contribution in [0.2, 0.25) is 0 Å². The van der Waals surface area contributed by atoms with E-state index in [1.54, 1.807) is 12.1 Å². The number of carbonyl (C=O) groups excluding carboxylic acids is 1. The molecule has 0 saturated heterocycles. The van der Waals surface area contributed by atoms with Gasteiger partial charge in [0.05, 0.1) is 0 Å². The second kappa shape index (κ2) is 32.7. The molecule has 0 aliphatic carbocycles. The van der Waals surface area contributed by atoms with E-state index >= 15 is 0 Å². The van der Waals surface area contributed by atoms with Crippen LogP contribution in [-0.4, -0.2) is 24.1 Å². The van der Waals surface area contributed by atoms with Gasteiger partial charge < -0.3 is 15.7 Å². The molecule has 1 rings (SSSR count).